The summed E-state index contributed by atoms with van der Waals surface area (Å²) in [5.74, 6) is -0.327. The summed E-state index contributed by atoms with van der Waals surface area (Å²) < 4.78 is 20.6. The molecule has 0 saturated carbocycles. The maximum absolute atomic E-state index is 13.4. The van der Waals surface area contributed by atoms with Crippen molar-refractivity contribution in [3.63, 3.8) is 0 Å². The van der Waals surface area contributed by atoms with E-state index in [0.717, 1.165) is 19.3 Å². The fraction of sp³-hybridized carbons (Fsp3) is 0.415. The SMILES string of the molecule is CCn1nc(C)cc1C(=O)Nc1nc2cc(C(N)=O)cc(OC)c2n1C/C=C/CNc1c(N)cc(C(N)=O)cc1OC/C=C/CC1CCN(C(=O)OC(C)(C)C)CC1. The Balaban J connectivity index is 1.26. The standard InChI is InChI=1S/C41H54N10O7/c1-7-51-31(20-25(2)48-51)38(54)47-39-46-30-22-28(37(44)53)24-33(56-6)35(30)50(39)16-10-9-15-45-34-29(42)21-27(36(43)52)23-32(34)57-19-11-8-12-26-13-17-49(18-14-26)40(55)58-41(3,4)5/h8-11,20-24,26,45H,7,12-19,42H2,1-6H3,(H2,43,52)(H2,44,53)(H,46,47,54)/b10-9+,11-8+. The van der Waals surface area contributed by atoms with Gasteiger partial charge in [-0.1, -0.05) is 24.3 Å². The molecule has 58 heavy (non-hydrogen) atoms. The Kier molecular flexibility index (Phi) is 13.7. The van der Waals surface area contributed by atoms with Gasteiger partial charge < -0.3 is 46.2 Å². The molecule has 3 heterocycles. The molecule has 0 radical (unpaired) electrons. The van der Waals surface area contributed by atoms with E-state index in [1.807, 2.05) is 52.8 Å². The molecule has 0 bridgehead atoms. The zero-order valence-electron chi connectivity index (χ0n) is 34.0. The van der Waals surface area contributed by atoms with Gasteiger partial charge >= 0.3 is 6.09 Å². The average molecular weight is 799 g/mol. The summed E-state index contributed by atoms with van der Waals surface area (Å²) in [6.07, 6.45) is 10.0. The molecule has 1 aliphatic heterocycles. The first-order valence-electron chi connectivity index (χ1n) is 19.2. The molecule has 8 N–H and O–H groups in total. The highest BCUT2D eigenvalue weighted by molar-refractivity contribution is 6.04. The average Bonchev–Trinajstić information content (AvgIpc) is 3.73. The number of nitrogens with two attached hydrogens (primary N) is 3. The Labute approximate surface area is 337 Å². The van der Waals surface area contributed by atoms with Gasteiger partial charge in [-0.15, -0.1) is 0 Å². The van der Waals surface area contributed by atoms with Crippen LogP contribution in [-0.4, -0.2) is 87.0 Å². The van der Waals surface area contributed by atoms with Gasteiger partial charge in [0, 0.05) is 43.9 Å². The highest BCUT2D eigenvalue weighted by Crippen LogP contribution is 2.34. The molecule has 0 aliphatic carbocycles. The molecular weight excluding hydrogens is 745 g/mol. The molecule has 2 aromatic carbocycles. The monoisotopic (exact) mass is 798 g/mol. The number of carbonyl (C=O) groups excluding carboxylic acids is 4. The third-order valence-electron chi connectivity index (χ3n) is 9.48. The third-order valence-corrected chi connectivity index (χ3v) is 9.48. The number of imidazole rings is 1. The summed E-state index contributed by atoms with van der Waals surface area (Å²) in [4.78, 5) is 56.4. The van der Waals surface area contributed by atoms with Gasteiger partial charge in [-0.25, -0.2) is 9.78 Å². The van der Waals surface area contributed by atoms with Crippen LogP contribution >= 0.6 is 0 Å². The summed E-state index contributed by atoms with van der Waals surface area (Å²) in [5.41, 5.74) is 20.2. The van der Waals surface area contributed by atoms with Crippen LogP contribution in [0.5, 0.6) is 11.5 Å². The molecule has 310 valence electrons. The van der Waals surface area contributed by atoms with Crippen molar-refractivity contribution in [2.75, 3.05) is 49.7 Å². The summed E-state index contributed by atoms with van der Waals surface area (Å²) in [6, 6.07) is 7.81. The van der Waals surface area contributed by atoms with E-state index in [-0.39, 0.29) is 42.0 Å². The van der Waals surface area contributed by atoms with Crippen LogP contribution in [0, 0.1) is 12.8 Å². The Morgan fingerprint density at radius 2 is 1.64 bits per heavy atom. The largest absolute Gasteiger partial charge is 0.494 e. The highest BCUT2D eigenvalue weighted by Gasteiger charge is 2.26. The van der Waals surface area contributed by atoms with E-state index >= 15 is 0 Å². The van der Waals surface area contributed by atoms with E-state index < -0.39 is 23.3 Å². The predicted molar refractivity (Wildman–Crippen MR) is 222 cm³/mol. The molecule has 0 atom stereocenters. The number of amides is 4. The van der Waals surface area contributed by atoms with Gasteiger partial charge in [-0.3, -0.25) is 24.4 Å². The van der Waals surface area contributed by atoms with E-state index in [0.29, 0.717) is 71.7 Å². The molecule has 1 fully saturated rings. The number of hydrogen-bond donors (Lipinski definition) is 5. The van der Waals surface area contributed by atoms with Gasteiger partial charge in [0.05, 0.1) is 24.0 Å². The molecule has 2 aromatic heterocycles. The smallest absolute Gasteiger partial charge is 0.410 e. The fourth-order valence-electron chi connectivity index (χ4n) is 6.61. The Morgan fingerprint density at radius 3 is 2.29 bits per heavy atom. The maximum atomic E-state index is 13.4. The van der Waals surface area contributed by atoms with E-state index in [4.69, 9.17) is 31.4 Å². The van der Waals surface area contributed by atoms with Gasteiger partial charge in [0.2, 0.25) is 17.8 Å². The lowest BCUT2D eigenvalue weighted by Crippen LogP contribution is -2.41. The number of methoxy groups -OCH3 is 1. The molecule has 4 amide bonds. The normalized spacial score (nSPS) is 13.7. The van der Waals surface area contributed by atoms with E-state index in [2.05, 4.69) is 26.8 Å². The van der Waals surface area contributed by atoms with Crippen molar-refractivity contribution in [3.05, 3.63) is 77.2 Å². The minimum Gasteiger partial charge on any atom is -0.494 e. The first kappa shape index (κ1) is 42.6. The van der Waals surface area contributed by atoms with Crippen LogP contribution < -0.4 is 37.3 Å². The number of aromatic nitrogens is 4. The molecule has 1 aliphatic rings. The van der Waals surface area contributed by atoms with Gasteiger partial charge in [0.1, 0.15) is 40.6 Å². The van der Waals surface area contributed by atoms with Crippen molar-refractivity contribution in [3.8, 4) is 11.5 Å². The lowest BCUT2D eigenvalue weighted by atomic mass is 9.93. The molecule has 17 nitrogen and oxygen atoms in total. The minimum atomic E-state index is -0.648. The molecule has 0 unspecified atom stereocenters. The van der Waals surface area contributed by atoms with Crippen LogP contribution in [0.4, 0.5) is 22.1 Å². The minimum absolute atomic E-state index is 0.206. The number of fused-ring (bicyclic) bond motifs is 1. The number of piperidine rings is 1. The number of ether oxygens (including phenoxy) is 3. The zero-order valence-corrected chi connectivity index (χ0v) is 34.0. The maximum Gasteiger partial charge on any atom is 0.410 e. The predicted octanol–water partition coefficient (Wildman–Crippen LogP) is 5.24. The molecule has 4 aromatic rings. The van der Waals surface area contributed by atoms with Gasteiger partial charge in [0.15, 0.2) is 0 Å². The first-order valence-corrected chi connectivity index (χ1v) is 19.2. The van der Waals surface area contributed by atoms with Crippen molar-refractivity contribution in [1.29, 1.82) is 0 Å². The van der Waals surface area contributed by atoms with Crippen molar-refractivity contribution >= 4 is 52.2 Å². The number of hydrogen-bond acceptors (Lipinski definition) is 11. The van der Waals surface area contributed by atoms with Crippen molar-refractivity contribution in [2.45, 2.75) is 72.6 Å². The Hall–Kier alpha value is -6.52. The second kappa shape index (κ2) is 18.6. The van der Waals surface area contributed by atoms with Crippen molar-refractivity contribution in [1.82, 2.24) is 24.2 Å². The number of allylic oxidation sites excluding steroid dienone is 2. The van der Waals surface area contributed by atoms with E-state index in [9.17, 15) is 19.2 Å². The number of benzene rings is 2. The number of likely N-dealkylation sites (tertiary alicyclic amines) is 1. The molecular formula is C41H54N10O7. The van der Waals surface area contributed by atoms with Gasteiger partial charge in [-0.05, 0) is 90.1 Å². The van der Waals surface area contributed by atoms with Gasteiger partial charge in [-0.2, -0.15) is 5.10 Å². The van der Waals surface area contributed by atoms with Gasteiger partial charge in [0.25, 0.3) is 5.91 Å². The fourth-order valence-corrected chi connectivity index (χ4v) is 6.61. The number of rotatable bonds is 16. The highest BCUT2D eigenvalue weighted by atomic mass is 16.6. The van der Waals surface area contributed by atoms with E-state index in [1.54, 1.807) is 32.3 Å². The lowest BCUT2D eigenvalue weighted by Gasteiger charge is -2.33. The Morgan fingerprint density at radius 1 is 0.948 bits per heavy atom. The van der Waals surface area contributed by atoms with E-state index in [1.165, 1.54) is 19.2 Å². The summed E-state index contributed by atoms with van der Waals surface area (Å²) in [5, 5.41) is 10.5. The number of aryl methyl sites for hydroxylation is 2. The van der Waals surface area contributed by atoms with Crippen LogP contribution in [0.2, 0.25) is 0 Å². The zero-order chi connectivity index (χ0) is 42.1. The summed E-state index contributed by atoms with van der Waals surface area (Å²) in [7, 11) is 1.47. The number of carbonyl (C=O) groups is 4. The quantitative estimate of drug-likeness (QED) is 0.0726. The number of nitrogens with zero attached hydrogens (tertiary/aromatic N) is 5. The summed E-state index contributed by atoms with van der Waals surface area (Å²) in [6.45, 7) is 11.9. The number of anilines is 3. The van der Waals surface area contributed by atoms with Crippen LogP contribution in [0.3, 0.4) is 0 Å². The molecule has 17 heteroatoms. The summed E-state index contributed by atoms with van der Waals surface area (Å²) >= 11 is 0. The van der Waals surface area contributed by atoms with Crippen LogP contribution in [-0.2, 0) is 17.8 Å². The van der Waals surface area contributed by atoms with Crippen molar-refractivity contribution in [2.24, 2.45) is 17.4 Å². The molecule has 1 saturated heterocycles. The molecule has 5 rings (SSSR count). The second-order valence-electron chi connectivity index (χ2n) is 15.0. The van der Waals surface area contributed by atoms with Crippen LogP contribution in [0.15, 0.2) is 54.6 Å². The first-order chi connectivity index (χ1) is 27.6. The molecule has 0 spiro atoms. The van der Waals surface area contributed by atoms with Crippen molar-refractivity contribution < 1.29 is 33.4 Å². The van der Waals surface area contributed by atoms with Crippen LogP contribution in [0.25, 0.3) is 11.0 Å². The second-order valence-corrected chi connectivity index (χ2v) is 15.0. The Bertz CT molecular complexity index is 2210. The lowest BCUT2D eigenvalue weighted by molar-refractivity contribution is 0.0184. The number of nitrogens with one attached hydrogen (secondary N) is 2. The number of nitrogen functional groups attached to an aromatic ring is 1. The van der Waals surface area contributed by atoms with Crippen LogP contribution in [0.1, 0.15) is 83.9 Å². The number of primary amides is 2. The third kappa shape index (κ3) is 10.7. The topological polar surface area (TPSA) is 237 Å².